The second-order valence-corrected chi connectivity index (χ2v) is 2.97. The summed E-state index contributed by atoms with van der Waals surface area (Å²) in [6.07, 6.45) is 5.68. The topological polar surface area (TPSA) is 0 Å². The van der Waals surface area contributed by atoms with Gasteiger partial charge in [-0.25, -0.2) is 0 Å². The van der Waals surface area contributed by atoms with Gasteiger partial charge in [0.15, 0.2) is 0 Å². The molecule has 0 aromatic heterocycles. The first-order valence-electron chi connectivity index (χ1n) is 4.16. The third-order valence-corrected chi connectivity index (χ3v) is 2.21. The van der Waals surface area contributed by atoms with E-state index < -0.39 is 0 Å². The van der Waals surface area contributed by atoms with Crippen molar-refractivity contribution in [3.8, 4) is 0 Å². The Labute approximate surface area is 71.7 Å². The molecule has 0 nitrogen and oxygen atoms in total. The van der Waals surface area contributed by atoms with Crippen LogP contribution in [0.4, 0.5) is 4.39 Å². The van der Waals surface area contributed by atoms with Crippen molar-refractivity contribution >= 4 is 6.08 Å². The lowest BCUT2D eigenvalue weighted by molar-refractivity contribution is 0.458. The predicted octanol–water partition coefficient (Wildman–Crippen LogP) is 2.96. The lowest BCUT2D eigenvalue weighted by atomic mass is 9.98. The minimum atomic E-state index is -0.264. The molecule has 0 saturated carbocycles. The molecule has 0 spiro atoms. The maximum atomic E-state index is 12.1. The standard InChI is InChI=1S/C11H10F/c12-8-7-10-6-5-9-3-1-2-4-11(9)10/h1-5,10H,7-8H2. The summed E-state index contributed by atoms with van der Waals surface area (Å²) in [7, 11) is 0. The summed E-state index contributed by atoms with van der Waals surface area (Å²) < 4.78 is 12.1. The molecule has 0 aliphatic heterocycles. The van der Waals surface area contributed by atoms with Crippen LogP contribution in [0.15, 0.2) is 24.3 Å². The number of hydrogen-bond acceptors (Lipinski definition) is 0. The highest BCUT2D eigenvalue weighted by atomic mass is 19.1. The second-order valence-electron chi connectivity index (χ2n) is 2.97. The highest BCUT2D eigenvalue weighted by Gasteiger charge is 2.15. The normalized spacial score (nSPS) is 19.6. The van der Waals surface area contributed by atoms with Crippen molar-refractivity contribution in [1.29, 1.82) is 0 Å². The molecule has 1 aromatic carbocycles. The Morgan fingerprint density at radius 1 is 1.33 bits per heavy atom. The Balaban J connectivity index is 2.30. The van der Waals surface area contributed by atoms with Gasteiger partial charge in [-0.2, -0.15) is 0 Å². The molecular weight excluding hydrogens is 151 g/mol. The molecule has 61 valence electrons. The van der Waals surface area contributed by atoms with E-state index in [4.69, 9.17) is 0 Å². The number of allylic oxidation sites excluding steroid dienone is 1. The van der Waals surface area contributed by atoms with E-state index in [-0.39, 0.29) is 12.6 Å². The molecule has 1 aromatic rings. The maximum absolute atomic E-state index is 12.1. The van der Waals surface area contributed by atoms with Crippen molar-refractivity contribution in [3.63, 3.8) is 0 Å². The van der Waals surface area contributed by atoms with Crippen LogP contribution in [0.25, 0.3) is 6.08 Å². The summed E-state index contributed by atoms with van der Waals surface area (Å²) >= 11 is 0. The van der Waals surface area contributed by atoms with Crippen LogP contribution in [0.1, 0.15) is 23.5 Å². The molecule has 0 saturated heterocycles. The minimum absolute atomic E-state index is 0.186. The highest BCUT2D eigenvalue weighted by Crippen LogP contribution is 2.31. The number of fused-ring (bicyclic) bond motifs is 1. The van der Waals surface area contributed by atoms with Crippen LogP contribution < -0.4 is 0 Å². The maximum Gasteiger partial charge on any atom is 0.0903 e. The fraction of sp³-hybridized carbons (Fsp3) is 0.273. The van der Waals surface area contributed by atoms with Crippen LogP contribution in [0.2, 0.25) is 0 Å². The van der Waals surface area contributed by atoms with E-state index >= 15 is 0 Å². The minimum Gasteiger partial charge on any atom is -0.251 e. The van der Waals surface area contributed by atoms with Crippen molar-refractivity contribution in [1.82, 2.24) is 0 Å². The average Bonchev–Trinajstić information content (AvgIpc) is 2.50. The third-order valence-electron chi connectivity index (χ3n) is 2.21. The summed E-state index contributed by atoms with van der Waals surface area (Å²) in [5, 5.41) is 0. The molecule has 1 aliphatic rings. The fourth-order valence-electron chi connectivity index (χ4n) is 1.59. The second kappa shape index (κ2) is 3.10. The monoisotopic (exact) mass is 161 g/mol. The van der Waals surface area contributed by atoms with Crippen LogP contribution >= 0.6 is 0 Å². The summed E-state index contributed by atoms with van der Waals surface area (Å²) in [5.74, 6) is 0.186. The molecule has 0 amide bonds. The lowest BCUT2D eigenvalue weighted by Gasteiger charge is -2.06. The molecule has 12 heavy (non-hydrogen) atoms. The van der Waals surface area contributed by atoms with Crippen molar-refractivity contribution in [2.24, 2.45) is 0 Å². The van der Waals surface area contributed by atoms with Crippen molar-refractivity contribution < 1.29 is 4.39 Å². The van der Waals surface area contributed by atoms with Crippen LogP contribution in [0, 0.1) is 6.08 Å². The highest BCUT2D eigenvalue weighted by molar-refractivity contribution is 5.59. The quantitative estimate of drug-likeness (QED) is 0.625. The first-order chi connectivity index (χ1) is 5.92. The van der Waals surface area contributed by atoms with Gasteiger partial charge in [0.05, 0.1) is 6.67 Å². The average molecular weight is 161 g/mol. The molecule has 1 atom stereocenters. The molecule has 0 bridgehead atoms. The van der Waals surface area contributed by atoms with Gasteiger partial charge in [-0.1, -0.05) is 30.3 Å². The van der Waals surface area contributed by atoms with E-state index in [1.54, 1.807) is 0 Å². The third kappa shape index (κ3) is 1.15. The summed E-state index contributed by atoms with van der Waals surface area (Å²) in [4.78, 5) is 0. The summed E-state index contributed by atoms with van der Waals surface area (Å²) in [6, 6.07) is 8.08. The van der Waals surface area contributed by atoms with Gasteiger partial charge in [-0.3, -0.25) is 4.39 Å². The number of hydrogen-bond donors (Lipinski definition) is 0. The Morgan fingerprint density at radius 2 is 2.17 bits per heavy atom. The molecule has 1 unspecified atom stereocenters. The first kappa shape index (κ1) is 7.53. The Bertz CT molecular complexity index is 302. The number of rotatable bonds is 2. The van der Waals surface area contributed by atoms with Gasteiger partial charge in [0.2, 0.25) is 0 Å². The molecule has 2 rings (SSSR count). The van der Waals surface area contributed by atoms with E-state index in [9.17, 15) is 4.39 Å². The molecule has 0 N–H and O–H groups in total. The van der Waals surface area contributed by atoms with E-state index in [0.717, 1.165) is 0 Å². The van der Waals surface area contributed by atoms with Crippen molar-refractivity contribution in [2.45, 2.75) is 12.3 Å². The van der Waals surface area contributed by atoms with E-state index in [1.807, 2.05) is 30.3 Å². The Morgan fingerprint density at radius 3 is 3.00 bits per heavy atom. The number of halogens is 1. The molecule has 1 radical (unpaired) electrons. The lowest BCUT2D eigenvalue weighted by Crippen LogP contribution is -1.94. The van der Waals surface area contributed by atoms with Gasteiger partial charge in [0.1, 0.15) is 0 Å². The van der Waals surface area contributed by atoms with Crippen molar-refractivity contribution in [3.05, 3.63) is 41.5 Å². The predicted molar refractivity (Wildman–Crippen MR) is 47.5 cm³/mol. The largest absolute Gasteiger partial charge is 0.251 e. The zero-order valence-electron chi connectivity index (χ0n) is 6.76. The van der Waals surface area contributed by atoms with Gasteiger partial charge in [0, 0.05) is 5.92 Å². The van der Waals surface area contributed by atoms with E-state index in [2.05, 4.69) is 6.08 Å². The SMILES string of the molecule is FCCC1[C]=Cc2ccccc21. The molecule has 0 heterocycles. The fourth-order valence-corrected chi connectivity index (χ4v) is 1.59. The van der Waals surface area contributed by atoms with Gasteiger partial charge in [0.25, 0.3) is 0 Å². The summed E-state index contributed by atoms with van der Waals surface area (Å²) in [5.41, 5.74) is 2.41. The molecular formula is C11H10F. The Kier molecular flexibility index (Phi) is 1.94. The zero-order valence-corrected chi connectivity index (χ0v) is 6.76. The molecule has 1 aliphatic carbocycles. The van der Waals surface area contributed by atoms with Crippen molar-refractivity contribution in [2.75, 3.05) is 6.67 Å². The Hall–Kier alpha value is -1.11. The molecule has 1 heteroatoms. The smallest absolute Gasteiger partial charge is 0.0903 e. The van der Waals surface area contributed by atoms with Gasteiger partial charge >= 0.3 is 0 Å². The van der Waals surface area contributed by atoms with E-state index in [0.29, 0.717) is 6.42 Å². The zero-order chi connectivity index (χ0) is 8.39. The number of alkyl halides is 1. The van der Waals surface area contributed by atoms with E-state index in [1.165, 1.54) is 11.1 Å². The molecule has 0 fully saturated rings. The number of benzene rings is 1. The van der Waals surface area contributed by atoms with Crippen LogP contribution in [-0.4, -0.2) is 6.67 Å². The van der Waals surface area contributed by atoms with Gasteiger partial charge in [-0.15, -0.1) is 0 Å². The van der Waals surface area contributed by atoms with Crippen LogP contribution in [0.3, 0.4) is 0 Å². The van der Waals surface area contributed by atoms with Gasteiger partial charge in [-0.05, 0) is 23.6 Å². The van der Waals surface area contributed by atoms with Gasteiger partial charge < -0.3 is 0 Å². The first-order valence-corrected chi connectivity index (χ1v) is 4.16. The summed E-state index contributed by atoms with van der Waals surface area (Å²) in [6.45, 7) is -0.264. The van der Waals surface area contributed by atoms with Crippen LogP contribution in [-0.2, 0) is 0 Å². The van der Waals surface area contributed by atoms with Crippen LogP contribution in [0.5, 0.6) is 0 Å².